The molecule has 7 nitrogen and oxygen atoms in total. The predicted molar refractivity (Wildman–Crippen MR) is 156 cm³/mol. The number of carbonyl (C=O) groups is 2. The molecular formula is C31H44N4O3. The first-order chi connectivity index (χ1) is 18.4. The Kier molecular flexibility index (Phi) is 11.7. The van der Waals surface area contributed by atoms with Crippen LogP contribution >= 0.6 is 0 Å². The summed E-state index contributed by atoms with van der Waals surface area (Å²) in [5, 5.41) is 3.10. The van der Waals surface area contributed by atoms with Gasteiger partial charge in [-0.2, -0.15) is 0 Å². The zero-order valence-electron chi connectivity index (χ0n) is 23.5. The number of aryl methyl sites for hydroxylation is 2. The highest BCUT2D eigenvalue weighted by atomic mass is 16.5. The lowest BCUT2D eigenvalue weighted by molar-refractivity contribution is -0.131. The van der Waals surface area contributed by atoms with Gasteiger partial charge >= 0.3 is 6.03 Å². The Morgan fingerprint density at radius 3 is 2.39 bits per heavy atom. The number of piperazine rings is 1. The van der Waals surface area contributed by atoms with Crippen molar-refractivity contribution in [1.82, 2.24) is 14.7 Å². The van der Waals surface area contributed by atoms with Gasteiger partial charge in [-0.15, -0.1) is 0 Å². The van der Waals surface area contributed by atoms with E-state index in [9.17, 15) is 9.59 Å². The Morgan fingerprint density at radius 1 is 1.00 bits per heavy atom. The van der Waals surface area contributed by atoms with Crippen molar-refractivity contribution in [3.05, 3.63) is 65.2 Å². The van der Waals surface area contributed by atoms with Crippen LogP contribution in [0.15, 0.2) is 48.5 Å². The molecule has 0 radical (unpaired) electrons. The van der Waals surface area contributed by atoms with Crippen LogP contribution in [0.4, 0.5) is 10.5 Å². The molecule has 0 bridgehead atoms. The molecule has 2 aromatic carbocycles. The highest BCUT2D eigenvalue weighted by Gasteiger charge is 2.23. The van der Waals surface area contributed by atoms with Gasteiger partial charge in [0.25, 0.3) is 0 Å². The first kappa shape index (κ1) is 29.2. The maximum Gasteiger partial charge on any atom is 0.321 e. The number of unbranched alkanes of at least 4 members (excludes halogenated alkanes) is 2. The molecule has 1 heterocycles. The molecule has 0 saturated carbocycles. The van der Waals surface area contributed by atoms with E-state index in [4.69, 9.17) is 4.74 Å². The summed E-state index contributed by atoms with van der Waals surface area (Å²) in [7, 11) is 1.67. The molecule has 3 rings (SSSR count). The van der Waals surface area contributed by atoms with Crippen molar-refractivity contribution in [3.8, 4) is 5.75 Å². The SMILES string of the molecule is CCCCCC(=O)N(CC=Cc1ccccc1OC)CCN1CCN(C(=O)Nc2c(C)cccc2C)CC1. The van der Waals surface area contributed by atoms with Crippen LogP contribution in [0.2, 0.25) is 0 Å². The van der Waals surface area contributed by atoms with E-state index in [1.165, 1.54) is 0 Å². The maximum absolute atomic E-state index is 13.0. The molecule has 1 saturated heterocycles. The van der Waals surface area contributed by atoms with E-state index in [-0.39, 0.29) is 11.9 Å². The van der Waals surface area contributed by atoms with Gasteiger partial charge in [-0.1, -0.05) is 68.3 Å². The second-order valence-corrected chi connectivity index (χ2v) is 9.97. The molecule has 1 aliphatic heterocycles. The van der Waals surface area contributed by atoms with Crippen LogP contribution in [-0.4, -0.2) is 79.6 Å². The monoisotopic (exact) mass is 520 g/mol. The van der Waals surface area contributed by atoms with Gasteiger partial charge in [-0.25, -0.2) is 4.79 Å². The third-order valence-corrected chi connectivity index (χ3v) is 7.17. The lowest BCUT2D eigenvalue weighted by atomic mass is 10.1. The molecule has 7 heteroatoms. The number of para-hydroxylation sites is 2. The Bertz CT molecular complexity index is 1060. The molecule has 0 aromatic heterocycles. The number of carbonyl (C=O) groups excluding carboxylic acids is 2. The number of nitrogens with one attached hydrogen (secondary N) is 1. The Hall–Kier alpha value is -3.32. The van der Waals surface area contributed by atoms with Crippen LogP contribution in [0.25, 0.3) is 6.08 Å². The van der Waals surface area contributed by atoms with Crippen LogP contribution < -0.4 is 10.1 Å². The van der Waals surface area contributed by atoms with Crippen molar-refractivity contribution >= 4 is 23.7 Å². The van der Waals surface area contributed by atoms with Crippen LogP contribution in [0.3, 0.4) is 0 Å². The van der Waals surface area contributed by atoms with E-state index in [0.29, 0.717) is 32.6 Å². The van der Waals surface area contributed by atoms with E-state index < -0.39 is 0 Å². The molecule has 0 spiro atoms. The summed E-state index contributed by atoms with van der Waals surface area (Å²) in [6.07, 6.45) is 7.76. The van der Waals surface area contributed by atoms with Crippen LogP contribution in [0.1, 0.15) is 49.3 Å². The van der Waals surface area contributed by atoms with Gasteiger partial charge in [0.05, 0.1) is 7.11 Å². The van der Waals surface area contributed by atoms with E-state index >= 15 is 0 Å². The number of methoxy groups -OCH3 is 1. The van der Waals surface area contributed by atoms with Gasteiger partial charge in [0.2, 0.25) is 5.91 Å². The van der Waals surface area contributed by atoms with E-state index in [2.05, 4.69) is 17.1 Å². The first-order valence-corrected chi connectivity index (χ1v) is 13.8. The van der Waals surface area contributed by atoms with Gasteiger partial charge < -0.3 is 19.9 Å². The summed E-state index contributed by atoms with van der Waals surface area (Å²) in [6.45, 7) is 11.2. The number of benzene rings is 2. The minimum absolute atomic E-state index is 0.0451. The van der Waals surface area contributed by atoms with Crippen molar-refractivity contribution < 1.29 is 14.3 Å². The van der Waals surface area contributed by atoms with Crippen molar-refractivity contribution in [2.24, 2.45) is 0 Å². The molecule has 2 aromatic rings. The number of anilines is 1. The van der Waals surface area contributed by atoms with Gasteiger partial charge in [0, 0.05) is 63.5 Å². The third-order valence-electron chi connectivity index (χ3n) is 7.17. The summed E-state index contributed by atoms with van der Waals surface area (Å²) < 4.78 is 5.44. The quantitative estimate of drug-likeness (QED) is 0.371. The Morgan fingerprint density at radius 2 is 1.71 bits per heavy atom. The summed E-state index contributed by atoms with van der Waals surface area (Å²) in [6, 6.07) is 13.9. The van der Waals surface area contributed by atoms with E-state index in [1.807, 2.05) is 78.3 Å². The first-order valence-electron chi connectivity index (χ1n) is 13.8. The smallest absolute Gasteiger partial charge is 0.321 e. The fourth-order valence-corrected chi connectivity index (χ4v) is 4.75. The number of hydrogen-bond donors (Lipinski definition) is 1. The molecule has 1 N–H and O–H groups in total. The standard InChI is InChI=1S/C31H44N4O3/c1-5-6-7-17-29(36)34(18-11-15-27-14-8-9-16-28(27)38-4)22-19-33-20-23-35(24-21-33)31(37)32-30-25(2)12-10-13-26(30)3/h8-16H,5-7,17-24H2,1-4H3,(H,32,37). The molecule has 1 fully saturated rings. The van der Waals surface area contributed by atoms with Gasteiger partial charge in [0.15, 0.2) is 0 Å². The average Bonchev–Trinajstić information content (AvgIpc) is 2.93. The largest absolute Gasteiger partial charge is 0.496 e. The molecule has 1 aliphatic rings. The van der Waals surface area contributed by atoms with Crippen molar-refractivity contribution in [1.29, 1.82) is 0 Å². The number of ether oxygens (including phenoxy) is 1. The summed E-state index contributed by atoms with van der Waals surface area (Å²) in [5.41, 5.74) is 4.04. The minimum atomic E-state index is -0.0451. The highest BCUT2D eigenvalue weighted by molar-refractivity contribution is 5.91. The predicted octanol–water partition coefficient (Wildman–Crippen LogP) is 5.58. The van der Waals surface area contributed by atoms with Gasteiger partial charge in [0.1, 0.15) is 5.75 Å². The fraction of sp³-hybridized carbons (Fsp3) is 0.484. The van der Waals surface area contributed by atoms with Gasteiger partial charge in [-0.05, 0) is 37.5 Å². The average molecular weight is 521 g/mol. The van der Waals surface area contributed by atoms with Gasteiger partial charge in [-0.3, -0.25) is 9.69 Å². The number of rotatable bonds is 12. The molecule has 0 aliphatic carbocycles. The second-order valence-electron chi connectivity index (χ2n) is 9.97. The normalized spacial score (nSPS) is 14.1. The molecule has 0 atom stereocenters. The van der Waals surface area contributed by atoms with Crippen molar-refractivity contribution in [2.75, 3.05) is 58.2 Å². The summed E-state index contributed by atoms with van der Waals surface area (Å²) in [5.74, 6) is 1.03. The molecule has 38 heavy (non-hydrogen) atoms. The Balaban J connectivity index is 1.52. The maximum atomic E-state index is 13.0. The van der Waals surface area contributed by atoms with Crippen molar-refractivity contribution in [2.45, 2.75) is 46.5 Å². The molecule has 3 amide bonds. The van der Waals surface area contributed by atoms with Crippen molar-refractivity contribution in [3.63, 3.8) is 0 Å². The van der Waals surface area contributed by atoms with E-state index in [0.717, 1.165) is 67.0 Å². The fourth-order valence-electron chi connectivity index (χ4n) is 4.75. The molecular weight excluding hydrogens is 476 g/mol. The number of amides is 3. The zero-order valence-corrected chi connectivity index (χ0v) is 23.5. The highest BCUT2D eigenvalue weighted by Crippen LogP contribution is 2.21. The second kappa shape index (κ2) is 15.2. The zero-order chi connectivity index (χ0) is 27.3. The van der Waals surface area contributed by atoms with Crippen LogP contribution in [0.5, 0.6) is 5.75 Å². The molecule has 0 unspecified atom stereocenters. The summed E-state index contributed by atoms with van der Waals surface area (Å²) >= 11 is 0. The number of nitrogens with zero attached hydrogens (tertiary/aromatic N) is 3. The van der Waals surface area contributed by atoms with Crippen LogP contribution in [0, 0.1) is 13.8 Å². The van der Waals surface area contributed by atoms with Crippen LogP contribution in [-0.2, 0) is 4.79 Å². The van der Waals surface area contributed by atoms with E-state index in [1.54, 1.807) is 7.11 Å². The lowest BCUT2D eigenvalue weighted by Gasteiger charge is -2.36. The molecule has 206 valence electrons. The number of hydrogen-bond acceptors (Lipinski definition) is 4. The minimum Gasteiger partial charge on any atom is -0.496 e. The lowest BCUT2D eigenvalue weighted by Crippen LogP contribution is -2.51. The Labute approximate surface area is 228 Å². The number of urea groups is 1. The topological polar surface area (TPSA) is 65.1 Å². The summed E-state index contributed by atoms with van der Waals surface area (Å²) in [4.78, 5) is 32.1. The third kappa shape index (κ3) is 8.62.